The number of hydrogen-bond acceptors (Lipinski definition) is 3. The molecule has 1 aliphatic rings. The van der Waals surface area contributed by atoms with E-state index < -0.39 is 11.5 Å². The van der Waals surface area contributed by atoms with E-state index in [-0.39, 0.29) is 0 Å². The minimum absolute atomic E-state index is 0.297. The molecule has 6 heteroatoms. The van der Waals surface area contributed by atoms with Crippen LogP contribution in [0, 0.1) is 0 Å². The lowest BCUT2D eigenvalue weighted by Crippen LogP contribution is -2.52. The first-order valence-corrected chi connectivity index (χ1v) is 5.70. The van der Waals surface area contributed by atoms with E-state index in [0.717, 1.165) is 25.7 Å². The zero-order valence-electron chi connectivity index (χ0n) is 9.35. The van der Waals surface area contributed by atoms with Gasteiger partial charge in [0, 0.05) is 18.0 Å². The van der Waals surface area contributed by atoms with E-state index in [1.807, 2.05) is 0 Å². The highest BCUT2D eigenvalue weighted by Crippen LogP contribution is 2.27. The topological polar surface area (TPSA) is 98.1 Å². The molecule has 2 N–H and O–H groups in total. The van der Waals surface area contributed by atoms with Gasteiger partial charge in [-0.05, 0) is 18.4 Å². The predicted octanol–water partition coefficient (Wildman–Crippen LogP) is 2.06. The monoisotopic (exact) mass is 226 g/mol. The second-order valence-electron chi connectivity index (χ2n) is 4.18. The Balaban J connectivity index is 2.56. The van der Waals surface area contributed by atoms with Gasteiger partial charge in [0.05, 0.1) is 0 Å². The van der Waals surface area contributed by atoms with Crippen LogP contribution in [-0.2, 0) is 4.79 Å². The molecule has 0 heterocycles. The van der Waals surface area contributed by atoms with E-state index in [2.05, 4.69) is 15.3 Å². The van der Waals surface area contributed by atoms with Crippen molar-refractivity contribution in [1.29, 1.82) is 0 Å². The van der Waals surface area contributed by atoms with Crippen LogP contribution in [-0.4, -0.2) is 29.7 Å². The van der Waals surface area contributed by atoms with E-state index in [4.69, 9.17) is 5.53 Å². The van der Waals surface area contributed by atoms with Crippen molar-refractivity contribution < 1.29 is 9.90 Å². The number of carbonyl (C=O) groups is 1. The van der Waals surface area contributed by atoms with Crippen LogP contribution < -0.4 is 5.32 Å². The third-order valence-electron chi connectivity index (χ3n) is 3.10. The van der Waals surface area contributed by atoms with Crippen LogP contribution in [0.15, 0.2) is 5.11 Å². The molecule has 1 fully saturated rings. The largest absolute Gasteiger partial charge is 0.480 e. The first-order chi connectivity index (χ1) is 7.71. The summed E-state index contributed by atoms with van der Waals surface area (Å²) in [5.74, 6) is -0.782. The van der Waals surface area contributed by atoms with Gasteiger partial charge in [0.2, 0.25) is 0 Å². The van der Waals surface area contributed by atoms with E-state index in [9.17, 15) is 9.90 Å². The summed E-state index contributed by atoms with van der Waals surface area (Å²) in [4.78, 5) is 14.0. The van der Waals surface area contributed by atoms with Crippen LogP contribution in [0.4, 0.5) is 0 Å². The molecule has 1 saturated carbocycles. The molecule has 16 heavy (non-hydrogen) atoms. The lowest BCUT2D eigenvalue weighted by molar-refractivity contribution is -0.145. The molecular weight excluding hydrogens is 208 g/mol. The fourth-order valence-electron chi connectivity index (χ4n) is 2.19. The van der Waals surface area contributed by atoms with Gasteiger partial charge >= 0.3 is 5.97 Å². The average molecular weight is 226 g/mol. The molecule has 90 valence electrons. The maximum Gasteiger partial charge on any atom is 0.323 e. The second kappa shape index (κ2) is 6.35. The van der Waals surface area contributed by atoms with Gasteiger partial charge in [-0.3, -0.25) is 4.79 Å². The Kier molecular flexibility index (Phi) is 5.08. The molecule has 0 atom stereocenters. The summed E-state index contributed by atoms with van der Waals surface area (Å²) >= 11 is 0. The van der Waals surface area contributed by atoms with Crippen LogP contribution in [0.3, 0.4) is 0 Å². The minimum Gasteiger partial charge on any atom is -0.480 e. The van der Waals surface area contributed by atoms with Crippen LogP contribution in [0.1, 0.15) is 38.5 Å². The van der Waals surface area contributed by atoms with Crippen molar-refractivity contribution >= 4 is 5.97 Å². The van der Waals surface area contributed by atoms with Crippen molar-refractivity contribution in [1.82, 2.24) is 5.32 Å². The van der Waals surface area contributed by atoms with E-state index in [1.165, 1.54) is 0 Å². The number of nitrogens with one attached hydrogen (secondary N) is 1. The second-order valence-corrected chi connectivity index (χ2v) is 4.18. The SMILES string of the molecule is [N-]=[N+]=NCCNC1(C(=O)O)CCCCCC1. The van der Waals surface area contributed by atoms with Gasteiger partial charge in [-0.15, -0.1) is 0 Å². The molecule has 0 bridgehead atoms. The number of azide groups is 1. The number of rotatable bonds is 5. The molecule has 0 unspecified atom stereocenters. The van der Waals surface area contributed by atoms with Crippen LogP contribution in [0.25, 0.3) is 10.4 Å². The zero-order chi connectivity index (χ0) is 11.9. The maximum atomic E-state index is 11.3. The lowest BCUT2D eigenvalue weighted by atomic mass is 9.90. The van der Waals surface area contributed by atoms with Crippen molar-refractivity contribution in [2.24, 2.45) is 5.11 Å². The summed E-state index contributed by atoms with van der Waals surface area (Å²) in [5, 5.41) is 15.7. The molecular formula is C10H18N4O2. The van der Waals surface area contributed by atoms with Crippen molar-refractivity contribution in [3.8, 4) is 0 Å². The average Bonchev–Trinajstić information content (AvgIpc) is 2.51. The van der Waals surface area contributed by atoms with Crippen LogP contribution >= 0.6 is 0 Å². The number of carboxylic acids is 1. The molecule has 0 saturated heterocycles. The van der Waals surface area contributed by atoms with Crippen LogP contribution in [0.5, 0.6) is 0 Å². The van der Waals surface area contributed by atoms with E-state index in [0.29, 0.717) is 25.9 Å². The molecule has 0 aliphatic heterocycles. The normalized spacial score (nSPS) is 19.5. The highest BCUT2D eigenvalue weighted by atomic mass is 16.4. The molecule has 0 spiro atoms. The summed E-state index contributed by atoms with van der Waals surface area (Å²) in [6.07, 6.45) is 5.43. The van der Waals surface area contributed by atoms with Crippen molar-refractivity contribution in [3.05, 3.63) is 10.4 Å². The highest BCUT2D eigenvalue weighted by molar-refractivity contribution is 5.78. The third-order valence-corrected chi connectivity index (χ3v) is 3.10. The summed E-state index contributed by atoms with van der Waals surface area (Å²) in [6.45, 7) is 0.724. The minimum atomic E-state index is -0.804. The summed E-state index contributed by atoms with van der Waals surface area (Å²) in [7, 11) is 0. The number of aliphatic carboxylic acids is 1. The standard InChI is InChI=1S/C10H18N4O2/c11-14-13-8-7-12-10(9(15)16)5-3-1-2-4-6-10/h12H,1-8H2,(H,15,16). The Morgan fingerprint density at radius 3 is 2.50 bits per heavy atom. The number of carboxylic acid groups (broad SMARTS) is 1. The van der Waals surface area contributed by atoms with Gasteiger partial charge in [-0.1, -0.05) is 30.8 Å². The molecule has 0 aromatic carbocycles. The Morgan fingerprint density at radius 2 is 2.00 bits per heavy atom. The smallest absolute Gasteiger partial charge is 0.323 e. The quantitative estimate of drug-likeness (QED) is 0.247. The summed E-state index contributed by atoms with van der Waals surface area (Å²) in [6, 6.07) is 0. The van der Waals surface area contributed by atoms with Crippen molar-refractivity contribution in [3.63, 3.8) is 0 Å². The molecule has 1 rings (SSSR count). The molecule has 0 radical (unpaired) electrons. The Labute approximate surface area is 94.7 Å². The fourth-order valence-corrected chi connectivity index (χ4v) is 2.19. The molecule has 1 aliphatic carbocycles. The van der Waals surface area contributed by atoms with Crippen molar-refractivity contribution in [2.45, 2.75) is 44.1 Å². The summed E-state index contributed by atoms with van der Waals surface area (Å²) < 4.78 is 0. The van der Waals surface area contributed by atoms with Gasteiger partial charge < -0.3 is 10.4 Å². The third kappa shape index (κ3) is 3.40. The van der Waals surface area contributed by atoms with Crippen LogP contribution in [0.2, 0.25) is 0 Å². The fraction of sp³-hybridized carbons (Fsp3) is 0.900. The summed E-state index contributed by atoms with van der Waals surface area (Å²) in [5.41, 5.74) is 7.33. The number of hydrogen-bond donors (Lipinski definition) is 2. The van der Waals surface area contributed by atoms with Gasteiger partial charge in [-0.2, -0.15) is 0 Å². The molecule has 0 aromatic rings. The van der Waals surface area contributed by atoms with Gasteiger partial charge in [0.1, 0.15) is 5.54 Å². The van der Waals surface area contributed by atoms with E-state index >= 15 is 0 Å². The predicted molar refractivity (Wildman–Crippen MR) is 60.1 cm³/mol. The molecule has 6 nitrogen and oxygen atoms in total. The Bertz CT molecular complexity index is 279. The van der Waals surface area contributed by atoms with Crippen molar-refractivity contribution in [2.75, 3.05) is 13.1 Å². The van der Waals surface area contributed by atoms with Gasteiger partial charge in [0.15, 0.2) is 0 Å². The van der Waals surface area contributed by atoms with E-state index in [1.54, 1.807) is 0 Å². The van der Waals surface area contributed by atoms with Gasteiger partial charge in [-0.25, -0.2) is 0 Å². The highest BCUT2D eigenvalue weighted by Gasteiger charge is 2.37. The first-order valence-electron chi connectivity index (χ1n) is 5.70. The molecule has 0 amide bonds. The Hall–Kier alpha value is -1.26. The lowest BCUT2D eigenvalue weighted by Gasteiger charge is -2.29. The Morgan fingerprint density at radius 1 is 1.38 bits per heavy atom. The number of nitrogens with zero attached hydrogens (tertiary/aromatic N) is 3. The molecule has 0 aromatic heterocycles. The maximum absolute atomic E-state index is 11.3. The van der Waals surface area contributed by atoms with Gasteiger partial charge in [0.25, 0.3) is 0 Å². The zero-order valence-corrected chi connectivity index (χ0v) is 9.35. The first kappa shape index (κ1) is 12.8.